The van der Waals surface area contributed by atoms with Crippen LogP contribution in [-0.2, 0) is 16.8 Å². The molecule has 2 aromatic heterocycles. The third kappa shape index (κ3) is 6.51. The van der Waals surface area contributed by atoms with E-state index in [-0.39, 0.29) is 56.6 Å². The molecule has 238 valence electrons. The minimum Gasteiger partial charge on any atom is -0.494 e. The van der Waals surface area contributed by atoms with E-state index in [9.17, 15) is 27.9 Å². The van der Waals surface area contributed by atoms with E-state index < -0.39 is 42.3 Å². The lowest BCUT2D eigenvalue weighted by Gasteiger charge is -2.31. The molecule has 0 spiro atoms. The van der Waals surface area contributed by atoms with Crippen LogP contribution in [-0.4, -0.2) is 58.1 Å². The molecule has 1 aliphatic rings. The molecule has 1 atom stereocenters. The van der Waals surface area contributed by atoms with Crippen LogP contribution in [0.1, 0.15) is 47.4 Å². The summed E-state index contributed by atoms with van der Waals surface area (Å²) in [6, 6.07) is 8.17. The van der Waals surface area contributed by atoms with Crippen LogP contribution in [0.4, 0.5) is 13.2 Å². The SMILES string of the molecule is CCOc1c(CC(N)=O)cc([C@@](O)(CNC(=O)c2cc(OC)c3nn(C4CC4)cc3c2)C(F)(F)F)nc1-c1ccc(Cl)cc1Cl. The topological polar surface area (TPSA) is 142 Å². The number of aliphatic hydroxyl groups is 1. The first kappa shape index (κ1) is 32.3. The molecule has 1 fully saturated rings. The molecule has 10 nitrogen and oxygen atoms in total. The average Bonchev–Trinajstić information content (AvgIpc) is 3.73. The van der Waals surface area contributed by atoms with Gasteiger partial charge in [-0.25, -0.2) is 4.98 Å². The Balaban J connectivity index is 1.56. The van der Waals surface area contributed by atoms with Crippen molar-refractivity contribution in [3.8, 4) is 22.8 Å². The third-order valence-corrected chi connectivity index (χ3v) is 7.83. The van der Waals surface area contributed by atoms with Crippen molar-refractivity contribution in [3.63, 3.8) is 0 Å². The molecule has 2 heterocycles. The Morgan fingerprint density at radius 1 is 1.18 bits per heavy atom. The fourth-order valence-corrected chi connectivity index (χ4v) is 5.37. The van der Waals surface area contributed by atoms with Gasteiger partial charge in [0.25, 0.3) is 5.91 Å². The van der Waals surface area contributed by atoms with Crippen molar-refractivity contribution in [3.05, 3.63) is 69.5 Å². The Hall–Kier alpha value is -4.07. The van der Waals surface area contributed by atoms with Crippen LogP contribution in [0.3, 0.4) is 0 Å². The molecular weight excluding hydrogens is 638 g/mol. The summed E-state index contributed by atoms with van der Waals surface area (Å²) in [4.78, 5) is 29.3. The van der Waals surface area contributed by atoms with Crippen LogP contribution in [0, 0.1) is 0 Å². The summed E-state index contributed by atoms with van der Waals surface area (Å²) in [7, 11) is 1.39. The number of nitrogens with one attached hydrogen (secondary N) is 1. The first-order valence-electron chi connectivity index (χ1n) is 13.8. The van der Waals surface area contributed by atoms with Crippen molar-refractivity contribution in [2.75, 3.05) is 20.3 Å². The summed E-state index contributed by atoms with van der Waals surface area (Å²) < 4.78 is 57.0. The van der Waals surface area contributed by atoms with Gasteiger partial charge in [0.2, 0.25) is 11.5 Å². The van der Waals surface area contributed by atoms with E-state index in [1.807, 2.05) is 0 Å². The molecule has 15 heteroatoms. The van der Waals surface area contributed by atoms with E-state index in [0.29, 0.717) is 10.9 Å². The molecule has 1 aliphatic carbocycles. The highest BCUT2D eigenvalue weighted by atomic mass is 35.5. The fourth-order valence-electron chi connectivity index (χ4n) is 4.87. The molecule has 5 rings (SSSR count). The lowest BCUT2D eigenvalue weighted by molar-refractivity contribution is -0.265. The summed E-state index contributed by atoms with van der Waals surface area (Å²) in [6.45, 7) is 0.347. The number of rotatable bonds is 11. The van der Waals surface area contributed by atoms with E-state index in [1.54, 1.807) is 17.8 Å². The molecule has 0 saturated heterocycles. The zero-order chi connectivity index (χ0) is 32.7. The molecule has 0 unspecified atom stereocenters. The predicted molar refractivity (Wildman–Crippen MR) is 161 cm³/mol. The van der Waals surface area contributed by atoms with Crippen molar-refractivity contribution in [2.24, 2.45) is 5.73 Å². The number of ether oxygens (including phenoxy) is 2. The van der Waals surface area contributed by atoms with Crippen molar-refractivity contribution < 1.29 is 37.3 Å². The molecule has 2 amide bonds. The lowest BCUT2D eigenvalue weighted by atomic mass is 9.93. The highest BCUT2D eigenvalue weighted by Gasteiger charge is 2.57. The van der Waals surface area contributed by atoms with Gasteiger partial charge in [-0.2, -0.15) is 18.3 Å². The number of nitrogens with zero attached hydrogens (tertiary/aromatic N) is 3. The van der Waals surface area contributed by atoms with Gasteiger partial charge in [0.1, 0.15) is 22.7 Å². The van der Waals surface area contributed by atoms with Gasteiger partial charge in [-0.3, -0.25) is 14.3 Å². The number of amides is 2. The second kappa shape index (κ2) is 12.4. The van der Waals surface area contributed by atoms with Gasteiger partial charge in [-0.1, -0.05) is 23.2 Å². The maximum absolute atomic E-state index is 14.7. The van der Waals surface area contributed by atoms with Crippen LogP contribution < -0.4 is 20.5 Å². The zero-order valence-corrected chi connectivity index (χ0v) is 25.6. The van der Waals surface area contributed by atoms with E-state index in [4.69, 9.17) is 38.4 Å². The second-order valence-electron chi connectivity index (χ2n) is 10.5. The van der Waals surface area contributed by atoms with E-state index in [2.05, 4.69) is 15.4 Å². The van der Waals surface area contributed by atoms with Crippen molar-refractivity contribution in [2.45, 2.75) is 44.0 Å². The quantitative estimate of drug-likeness (QED) is 0.196. The van der Waals surface area contributed by atoms with E-state index in [1.165, 1.54) is 37.4 Å². The number of aromatic nitrogens is 3. The summed E-state index contributed by atoms with van der Waals surface area (Å²) in [5.41, 5.74) is 1.10. The lowest BCUT2D eigenvalue weighted by Crippen LogP contribution is -2.51. The predicted octanol–water partition coefficient (Wildman–Crippen LogP) is 5.36. The minimum atomic E-state index is -5.35. The van der Waals surface area contributed by atoms with Gasteiger partial charge < -0.3 is 25.6 Å². The number of hydrogen-bond donors (Lipinski definition) is 3. The standard InChI is InChI=1S/C30H28Cl2F3N5O5/c1-3-45-27-15(11-24(36)41)10-23(38-26(27)20-7-4-18(31)12-21(20)32)29(43,30(33,34)35)14-37-28(42)16-8-17-13-40(19-5-6-19)39-25(17)22(9-16)44-2/h4,7-10,12-13,19,43H,3,5-6,11,14H2,1-2H3,(H2,36,41)(H,37,42)/t29-/m0/s1. The number of methoxy groups -OCH3 is 1. The van der Waals surface area contributed by atoms with Crippen molar-refractivity contribution >= 4 is 45.9 Å². The molecule has 0 aliphatic heterocycles. The number of halogens is 5. The summed E-state index contributed by atoms with van der Waals surface area (Å²) in [5.74, 6) is -1.58. The number of pyridine rings is 1. The van der Waals surface area contributed by atoms with Crippen LogP contribution in [0.5, 0.6) is 11.5 Å². The van der Waals surface area contributed by atoms with Gasteiger partial charge in [-0.15, -0.1) is 0 Å². The Labute approximate surface area is 265 Å². The number of hydrogen-bond acceptors (Lipinski definition) is 7. The number of carbonyl (C=O) groups is 2. The molecule has 0 radical (unpaired) electrons. The van der Waals surface area contributed by atoms with Crippen molar-refractivity contribution in [1.29, 1.82) is 0 Å². The summed E-state index contributed by atoms with van der Waals surface area (Å²) >= 11 is 12.4. The Kier molecular flexibility index (Phi) is 8.89. The monoisotopic (exact) mass is 665 g/mol. The normalized spacial score (nSPS) is 14.7. The Bertz CT molecular complexity index is 1790. The number of nitrogens with two attached hydrogens (primary N) is 1. The second-order valence-corrected chi connectivity index (χ2v) is 11.4. The number of fused-ring (bicyclic) bond motifs is 1. The molecule has 0 bridgehead atoms. The summed E-state index contributed by atoms with van der Waals surface area (Å²) in [6.07, 6.45) is -2.22. The van der Waals surface area contributed by atoms with Gasteiger partial charge in [0.05, 0.1) is 43.4 Å². The average molecular weight is 666 g/mol. The van der Waals surface area contributed by atoms with E-state index >= 15 is 0 Å². The van der Waals surface area contributed by atoms with Crippen LogP contribution in [0.15, 0.2) is 42.6 Å². The molecule has 45 heavy (non-hydrogen) atoms. The number of alkyl halides is 3. The maximum atomic E-state index is 14.7. The van der Waals surface area contributed by atoms with Crippen LogP contribution >= 0.6 is 23.2 Å². The number of carbonyl (C=O) groups excluding carboxylic acids is 2. The highest BCUT2D eigenvalue weighted by Crippen LogP contribution is 2.43. The fraction of sp³-hybridized carbons (Fsp3) is 0.333. The molecule has 1 saturated carbocycles. The molecular formula is C30H28Cl2F3N5O5. The minimum absolute atomic E-state index is 0.0121. The summed E-state index contributed by atoms with van der Waals surface area (Å²) in [5, 5.41) is 18.8. The van der Waals surface area contributed by atoms with Crippen LogP contribution in [0.2, 0.25) is 10.0 Å². The Morgan fingerprint density at radius 3 is 2.51 bits per heavy atom. The van der Waals surface area contributed by atoms with Gasteiger partial charge >= 0.3 is 6.18 Å². The highest BCUT2D eigenvalue weighted by molar-refractivity contribution is 6.36. The number of benzene rings is 2. The van der Waals surface area contributed by atoms with Gasteiger partial charge in [0.15, 0.2) is 0 Å². The van der Waals surface area contributed by atoms with Crippen molar-refractivity contribution in [1.82, 2.24) is 20.1 Å². The number of primary amides is 1. The molecule has 4 aromatic rings. The smallest absolute Gasteiger partial charge is 0.424 e. The third-order valence-electron chi connectivity index (χ3n) is 7.28. The molecule has 4 N–H and O–H groups in total. The van der Waals surface area contributed by atoms with Crippen LogP contribution in [0.25, 0.3) is 22.2 Å². The molecule has 2 aromatic carbocycles. The van der Waals surface area contributed by atoms with E-state index in [0.717, 1.165) is 18.9 Å². The largest absolute Gasteiger partial charge is 0.494 e. The first-order valence-corrected chi connectivity index (χ1v) is 14.6. The first-order chi connectivity index (χ1) is 21.2. The maximum Gasteiger partial charge on any atom is 0.424 e. The Morgan fingerprint density at radius 2 is 1.91 bits per heavy atom. The van der Waals surface area contributed by atoms with Gasteiger partial charge in [-0.05, 0) is 56.2 Å². The van der Waals surface area contributed by atoms with Gasteiger partial charge in [0, 0.05) is 33.3 Å². The zero-order valence-electron chi connectivity index (χ0n) is 24.0.